The molecule has 7 nitrogen and oxygen atoms in total. The Morgan fingerprint density at radius 2 is 2.20 bits per heavy atom. The fourth-order valence-electron chi connectivity index (χ4n) is 3.39. The molecule has 25 heavy (non-hydrogen) atoms. The molecule has 2 aromatic rings. The molecule has 0 fully saturated rings. The summed E-state index contributed by atoms with van der Waals surface area (Å²) < 4.78 is 3.78. The van der Waals surface area contributed by atoms with Crippen LogP contribution in [0.25, 0.3) is 0 Å². The van der Waals surface area contributed by atoms with Gasteiger partial charge in [-0.05, 0) is 24.5 Å². The van der Waals surface area contributed by atoms with Crippen molar-refractivity contribution in [2.24, 2.45) is 5.92 Å². The summed E-state index contributed by atoms with van der Waals surface area (Å²) in [5.41, 5.74) is 2.15. The maximum absolute atomic E-state index is 12.4. The Balaban J connectivity index is 1.58. The van der Waals surface area contributed by atoms with Gasteiger partial charge in [0, 0.05) is 32.0 Å². The molecule has 0 saturated carbocycles. The van der Waals surface area contributed by atoms with Crippen LogP contribution in [-0.2, 0) is 24.4 Å². The molecule has 3 rings (SSSR count). The summed E-state index contributed by atoms with van der Waals surface area (Å²) in [6.07, 6.45) is 4.23. The van der Waals surface area contributed by atoms with Gasteiger partial charge >= 0.3 is 0 Å². The Kier molecular flexibility index (Phi) is 5.53. The van der Waals surface area contributed by atoms with E-state index in [2.05, 4.69) is 45.0 Å². The second-order valence-electron chi connectivity index (χ2n) is 7.11. The molecule has 1 atom stereocenters. The SMILES string of the molecule is CC[C@H](C(=O)NCc1cc2n(n1)CCN(CC(C)C)C2)n1cccn1. The van der Waals surface area contributed by atoms with Crippen LogP contribution in [0.3, 0.4) is 0 Å². The number of hydrogen-bond donors (Lipinski definition) is 1. The first-order valence-corrected chi connectivity index (χ1v) is 9.11. The van der Waals surface area contributed by atoms with Crippen LogP contribution < -0.4 is 5.32 Å². The van der Waals surface area contributed by atoms with E-state index in [1.54, 1.807) is 10.9 Å². The largest absolute Gasteiger partial charge is 0.349 e. The van der Waals surface area contributed by atoms with Crippen LogP contribution in [0.4, 0.5) is 0 Å². The summed E-state index contributed by atoms with van der Waals surface area (Å²) in [5, 5.41) is 11.8. The van der Waals surface area contributed by atoms with E-state index in [0.29, 0.717) is 18.9 Å². The van der Waals surface area contributed by atoms with Crippen molar-refractivity contribution in [3.8, 4) is 0 Å². The first kappa shape index (κ1) is 17.7. The van der Waals surface area contributed by atoms with Gasteiger partial charge in [0.15, 0.2) is 0 Å². The van der Waals surface area contributed by atoms with Crippen molar-refractivity contribution in [1.82, 2.24) is 29.8 Å². The molecule has 0 radical (unpaired) electrons. The topological polar surface area (TPSA) is 68.0 Å². The molecule has 0 unspecified atom stereocenters. The number of hydrogen-bond acceptors (Lipinski definition) is 4. The number of amides is 1. The lowest BCUT2D eigenvalue weighted by molar-refractivity contribution is -0.124. The lowest BCUT2D eigenvalue weighted by Crippen LogP contribution is -2.36. The molecule has 0 bridgehead atoms. The number of rotatable bonds is 7. The van der Waals surface area contributed by atoms with Crippen LogP contribution in [0, 0.1) is 5.92 Å². The van der Waals surface area contributed by atoms with Crippen LogP contribution in [0.1, 0.15) is 44.6 Å². The summed E-state index contributed by atoms with van der Waals surface area (Å²) in [7, 11) is 0. The average Bonchev–Trinajstić information content (AvgIpc) is 3.22. The Morgan fingerprint density at radius 1 is 1.36 bits per heavy atom. The summed E-state index contributed by atoms with van der Waals surface area (Å²) >= 11 is 0. The molecule has 7 heteroatoms. The van der Waals surface area contributed by atoms with Crippen molar-refractivity contribution >= 4 is 5.91 Å². The number of aromatic nitrogens is 4. The highest BCUT2D eigenvalue weighted by Crippen LogP contribution is 2.15. The van der Waals surface area contributed by atoms with Crippen molar-refractivity contribution in [2.45, 2.75) is 52.9 Å². The zero-order valence-electron chi connectivity index (χ0n) is 15.4. The van der Waals surface area contributed by atoms with Gasteiger partial charge in [-0.25, -0.2) is 0 Å². The number of nitrogens with zero attached hydrogens (tertiary/aromatic N) is 5. The van der Waals surface area contributed by atoms with E-state index in [-0.39, 0.29) is 11.9 Å². The maximum Gasteiger partial charge on any atom is 0.245 e. The minimum absolute atomic E-state index is 0.0152. The van der Waals surface area contributed by atoms with Crippen LogP contribution in [-0.4, -0.2) is 43.5 Å². The monoisotopic (exact) mass is 344 g/mol. The van der Waals surface area contributed by atoms with Crippen LogP contribution in [0.15, 0.2) is 24.5 Å². The van der Waals surface area contributed by atoms with Gasteiger partial charge in [-0.3, -0.25) is 19.1 Å². The summed E-state index contributed by atoms with van der Waals surface area (Å²) in [5.74, 6) is 0.653. The molecule has 1 aliphatic heterocycles. The van der Waals surface area contributed by atoms with Crippen molar-refractivity contribution in [1.29, 1.82) is 0 Å². The second kappa shape index (κ2) is 7.82. The number of carbonyl (C=O) groups is 1. The quantitative estimate of drug-likeness (QED) is 0.832. The van der Waals surface area contributed by atoms with E-state index in [1.165, 1.54) is 5.69 Å². The molecule has 0 saturated heterocycles. The molecule has 0 aromatic carbocycles. The van der Waals surface area contributed by atoms with Crippen LogP contribution in [0.2, 0.25) is 0 Å². The first-order valence-electron chi connectivity index (χ1n) is 9.11. The standard InChI is InChI=1S/C18H28N6O/c1-4-17(24-7-5-6-20-24)18(25)19-11-15-10-16-13-22(12-14(2)3)8-9-23(16)21-15/h5-7,10,14,17H,4,8-9,11-13H2,1-3H3,(H,19,25)/t17-/m1/s1. The van der Waals surface area contributed by atoms with Gasteiger partial charge in [0.2, 0.25) is 5.91 Å². The fraction of sp³-hybridized carbons (Fsp3) is 0.611. The molecule has 1 N–H and O–H groups in total. The fourth-order valence-corrected chi connectivity index (χ4v) is 3.39. The highest BCUT2D eigenvalue weighted by Gasteiger charge is 2.21. The molecule has 1 amide bonds. The van der Waals surface area contributed by atoms with Crippen LogP contribution in [0.5, 0.6) is 0 Å². The minimum atomic E-state index is -0.270. The Labute approximate surface area is 149 Å². The van der Waals surface area contributed by atoms with Gasteiger partial charge < -0.3 is 5.32 Å². The zero-order valence-corrected chi connectivity index (χ0v) is 15.4. The molecule has 2 aromatic heterocycles. The predicted octanol–water partition coefficient (Wildman–Crippen LogP) is 1.82. The minimum Gasteiger partial charge on any atom is -0.349 e. The number of nitrogens with one attached hydrogen (secondary N) is 1. The average molecular weight is 344 g/mol. The van der Waals surface area contributed by atoms with Gasteiger partial charge in [-0.15, -0.1) is 0 Å². The summed E-state index contributed by atoms with van der Waals surface area (Å²) in [6, 6.07) is 3.68. The van der Waals surface area contributed by atoms with Crippen molar-refractivity contribution in [2.75, 3.05) is 13.1 Å². The highest BCUT2D eigenvalue weighted by atomic mass is 16.2. The maximum atomic E-state index is 12.4. The van der Waals surface area contributed by atoms with Gasteiger partial charge in [0.1, 0.15) is 6.04 Å². The lowest BCUT2D eigenvalue weighted by Gasteiger charge is -2.28. The molecule has 136 valence electrons. The van der Waals surface area contributed by atoms with E-state index in [9.17, 15) is 4.79 Å². The third-order valence-electron chi connectivity index (χ3n) is 4.53. The zero-order chi connectivity index (χ0) is 17.8. The van der Waals surface area contributed by atoms with E-state index >= 15 is 0 Å². The highest BCUT2D eigenvalue weighted by molar-refractivity contribution is 5.80. The predicted molar refractivity (Wildman–Crippen MR) is 95.7 cm³/mol. The molecular weight excluding hydrogens is 316 g/mol. The van der Waals surface area contributed by atoms with Crippen LogP contribution >= 0.6 is 0 Å². The molecule has 0 aliphatic carbocycles. The Bertz CT molecular complexity index is 690. The summed E-state index contributed by atoms with van der Waals surface area (Å²) in [4.78, 5) is 14.9. The second-order valence-corrected chi connectivity index (χ2v) is 7.11. The van der Waals surface area contributed by atoms with Gasteiger partial charge in [0.05, 0.1) is 24.5 Å². The molecule has 0 spiro atoms. The Morgan fingerprint density at radius 3 is 2.88 bits per heavy atom. The van der Waals surface area contributed by atoms with Gasteiger partial charge in [-0.1, -0.05) is 20.8 Å². The number of fused-ring (bicyclic) bond motifs is 1. The first-order chi connectivity index (χ1) is 12.1. The third-order valence-corrected chi connectivity index (χ3v) is 4.53. The van der Waals surface area contributed by atoms with Crippen molar-refractivity contribution in [3.05, 3.63) is 35.9 Å². The molecule has 3 heterocycles. The smallest absolute Gasteiger partial charge is 0.245 e. The lowest BCUT2D eigenvalue weighted by atomic mass is 10.2. The number of carbonyl (C=O) groups excluding carboxylic acids is 1. The normalized spacial score (nSPS) is 16.0. The van der Waals surface area contributed by atoms with E-state index < -0.39 is 0 Å². The van der Waals surface area contributed by atoms with E-state index in [0.717, 1.165) is 31.9 Å². The third kappa shape index (κ3) is 4.28. The molecular formula is C18H28N6O. The summed E-state index contributed by atoms with van der Waals surface area (Å²) in [6.45, 7) is 10.9. The Hall–Kier alpha value is -2.15. The van der Waals surface area contributed by atoms with E-state index in [1.807, 2.05) is 19.2 Å². The van der Waals surface area contributed by atoms with Gasteiger partial charge in [0.25, 0.3) is 0 Å². The van der Waals surface area contributed by atoms with Crippen molar-refractivity contribution < 1.29 is 4.79 Å². The van der Waals surface area contributed by atoms with Crippen molar-refractivity contribution in [3.63, 3.8) is 0 Å². The molecule has 1 aliphatic rings. The van der Waals surface area contributed by atoms with E-state index in [4.69, 9.17) is 0 Å². The van der Waals surface area contributed by atoms with Gasteiger partial charge in [-0.2, -0.15) is 10.2 Å².